The summed E-state index contributed by atoms with van der Waals surface area (Å²) in [5.41, 5.74) is 2.77. The predicted octanol–water partition coefficient (Wildman–Crippen LogP) is 3.76. The van der Waals surface area contributed by atoms with Gasteiger partial charge in [0.2, 0.25) is 0 Å². The summed E-state index contributed by atoms with van der Waals surface area (Å²) >= 11 is 0. The van der Waals surface area contributed by atoms with Gasteiger partial charge in [-0.2, -0.15) is 0 Å². The Morgan fingerprint density at radius 1 is 1.32 bits per heavy atom. The van der Waals surface area contributed by atoms with Crippen LogP contribution in [0.4, 0.5) is 0 Å². The molecule has 2 heteroatoms. The lowest BCUT2D eigenvalue weighted by Gasteiger charge is -2.06. The maximum atomic E-state index is 3.81. The van der Waals surface area contributed by atoms with E-state index in [0.717, 1.165) is 25.9 Å². The first kappa shape index (κ1) is 13.9. The zero-order chi connectivity index (χ0) is 13.7. The lowest BCUT2D eigenvalue weighted by Crippen LogP contribution is -2.24. The van der Waals surface area contributed by atoms with E-state index < -0.39 is 0 Å². The van der Waals surface area contributed by atoms with Gasteiger partial charge in [-0.1, -0.05) is 38.1 Å². The minimum absolute atomic E-state index is 0.550. The van der Waals surface area contributed by atoms with Crippen LogP contribution in [-0.2, 0) is 13.0 Å². The van der Waals surface area contributed by atoms with Crippen molar-refractivity contribution in [1.82, 2.24) is 9.88 Å². The second-order valence-corrected chi connectivity index (χ2v) is 5.30. The van der Waals surface area contributed by atoms with Gasteiger partial charge in [-0.05, 0) is 31.0 Å². The molecule has 0 radical (unpaired) electrons. The molecule has 0 aliphatic heterocycles. The van der Waals surface area contributed by atoms with Crippen LogP contribution in [0.3, 0.4) is 0 Å². The first-order chi connectivity index (χ1) is 9.22. The molecule has 0 aliphatic rings. The molecular formula is C17H24N2. The van der Waals surface area contributed by atoms with Crippen LogP contribution in [0.25, 0.3) is 10.9 Å². The molecule has 0 amide bonds. The SMILES string of the molecule is C=CCCn1cc(CCNC(C)C)c2ccccc21. The van der Waals surface area contributed by atoms with Crippen LogP contribution < -0.4 is 5.32 Å². The van der Waals surface area contributed by atoms with E-state index in [1.54, 1.807) is 0 Å². The molecule has 0 fully saturated rings. The molecule has 2 rings (SSSR count). The molecule has 1 N–H and O–H groups in total. The lowest BCUT2D eigenvalue weighted by atomic mass is 10.1. The first-order valence-corrected chi connectivity index (χ1v) is 7.13. The number of aromatic nitrogens is 1. The molecule has 0 aliphatic carbocycles. The molecule has 0 bridgehead atoms. The summed E-state index contributed by atoms with van der Waals surface area (Å²) in [6, 6.07) is 9.22. The van der Waals surface area contributed by atoms with Gasteiger partial charge in [-0.15, -0.1) is 6.58 Å². The van der Waals surface area contributed by atoms with E-state index in [9.17, 15) is 0 Å². The summed E-state index contributed by atoms with van der Waals surface area (Å²) in [5.74, 6) is 0. The Labute approximate surface area is 116 Å². The third-order valence-corrected chi connectivity index (χ3v) is 3.39. The molecule has 2 aromatic rings. The minimum atomic E-state index is 0.550. The highest BCUT2D eigenvalue weighted by atomic mass is 15.0. The van der Waals surface area contributed by atoms with Gasteiger partial charge in [0.05, 0.1) is 0 Å². The van der Waals surface area contributed by atoms with Crippen LogP contribution in [0, 0.1) is 0 Å². The normalized spacial score (nSPS) is 11.3. The molecular weight excluding hydrogens is 232 g/mol. The average molecular weight is 256 g/mol. The van der Waals surface area contributed by atoms with E-state index in [1.165, 1.54) is 16.5 Å². The van der Waals surface area contributed by atoms with Gasteiger partial charge >= 0.3 is 0 Å². The van der Waals surface area contributed by atoms with Crippen LogP contribution >= 0.6 is 0 Å². The van der Waals surface area contributed by atoms with E-state index in [2.05, 4.69) is 60.8 Å². The molecule has 1 heterocycles. The summed E-state index contributed by atoms with van der Waals surface area (Å²) in [4.78, 5) is 0. The van der Waals surface area contributed by atoms with Gasteiger partial charge in [0, 0.05) is 29.7 Å². The summed E-state index contributed by atoms with van der Waals surface area (Å²) < 4.78 is 2.35. The number of benzene rings is 1. The number of allylic oxidation sites excluding steroid dienone is 1. The number of nitrogens with one attached hydrogen (secondary N) is 1. The van der Waals surface area contributed by atoms with Crippen LogP contribution in [0.2, 0.25) is 0 Å². The molecule has 0 saturated heterocycles. The molecule has 1 aromatic carbocycles. The Kier molecular flexibility index (Phi) is 4.80. The second kappa shape index (κ2) is 6.58. The number of fused-ring (bicyclic) bond motifs is 1. The third kappa shape index (κ3) is 3.48. The maximum absolute atomic E-state index is 3.81. The summed E-state index contributed by atoms with van der Waals surface area (Å²) in [6.45, 7) is 10.2. The number of aryl methyl sites for hydroxylation is 1. The van der Waals surface area contributed by atoms with Crippen molar-refractivity contribution >= 4 is 10.9 Å². The molecule has 0 atom stereocenters. The Hall–Kier alpha value is -1.54. The maximum Gasteiger partial charge on any atom is 0.0483 e. The van der Waals surface area contributed by atoms with Gasteiger partial charge < -0.3 is 9.88 Å². The number of rotatable bonds is 7. The second-order valence-electron chi connectivity index (χ2n) is 5.30. The number of hydrogen-bond acceptors (Lipinski definition) is 1. The summed E-state index contributed by atoms with van der Waals surface area (Å²) in [6.07, 6.45) is 6.38. The Morgan fingerprint density at radius 2 is 2.11 bits per heavy atom. The lowest BCUT2D eigenvalue weighted by molar-refractivity contribution is 0.590. The van der Waals surface area contributed by atoms with Gasteiger partial charge in [0.15, 0.2) is 0 Å². The van der Waals surface area contributed by atoms with Crippen molar-refractivity contribution < 1.29 is 0 Å². The van der Waals surface area contributed by atoms with Gasteiger partial charge in [-0.25, -0.2) is 0 Å². The molecule has 1 aromatic heterocycles. The van der Waals surface area contributed by atoms with Crippen molar-refractivity contribution in [2.24, 2.45) is 0 Å². The largest absolute Gasteiger partial charge is 0.347 e. The van der Waals surface area contributed by atoms with Gasteiger partial charge in [0.25, 0.3) is 0 Å². The van der Waals surface area contributed by atoms with E-state index in [-0.39, 0.29) is 0 Å². The van der Waals surface area contributed by atoms with E-state index in [4.69, 9.17) is 0 Å². The Bertz CT molecular complexity index is 537. The van der Waals surface area contributed by atoms with Gasteiger partial charge in [-0.3, -0.25) is 0 Å². The highest BCUT2D eigenvalue weighted by Crippen LogP contribution is 2.22. The summed E-state index contributed by atoms with van der Waals surface area (Å²) in [7, 11) is 0. The van der Waals surface area contributed by atoms with E-state index >= 15 is 0 Å². The van der Waals surface area contributed by atoms with Crippen molar-refractivity contribution in [3.63, 3.8) is 0 Å². The highest BCUT2D eigenvalue weighted by molar-refractivity contribution is 5.84. The molecule has 0 saturated carbocycles. The quantitative estimate of drug-likeness (QED) is 0.746. The first-order valence-electron chi connectivity index (χ1n) is 7.13. The predicted molar refractivity (Wildman–Crippen MR) is 83.6 cm³/mol. The van der Waals surface area contributed by atoms with Crippen molar-refractivity contribution in [1.29, 1.82) is 0 Å². The highest BCUT2D eigenvalue weighted by Gasteiger charge is 2.07. The zero-order valence-corrected chi connectivity index (χ0v) is 12.0. The number of nitrogens with zero attached hydrogens (tertiary/aromatic N) is 1. The molecule has 0 unspecified atom stereocenters. The fourth-order valence-corrected chi connectivity index (χ4v) is 2.43. The monoisotopic (exact) mass is 256 g/mol. The molecule has 2 nitrogen and oxygen atoms in total. The van der Waals surface area contributed by atoms with E-state index in [0.29, 0.717) is 6.04 Å². The van der Waals surface area contributed by atoms with Crippen molar-refractivity contribution in [2.75, 3.05) is 6.54 Å². The van der Waals surface area contributed by atoms with Crippen molar-refractivity contribution in [3.05, 3.63) is 48.7 Å². The summed E-state index contributed by atoms with van der Waals surface area (Å²) in [5, 5.41) is 4.87. The standard InChI is InChI=1S/C17H24N2/c1-4-5-12-19-13-15(10-11-18-14(2)3)16-8-6-7-9-17(16)19/h4,6-9,13-14,18H,1,5,10-12H2,2-3H3. The fourth-order valence-electron chi connectivity index (χ4n) is 2.43. The molecule has 19 heavy (non-hydrogen) atoms. The molecule has 0 spiro atoms. The molecule has 102 valence electrons. The van der Waals surface area contributed by atoms with Crippen molar-refractivity contribution in [3.8, 4) is 0 Å². The van der Waals surface area contributed by atoms with Crippen LogP contribution in [-0.4, -0.2) is 17.2 Å². The van der Waals surface area contributed by atoms with Crippen LogP contribution in [0.15, 0.2) is 43.1 Å². The van der Waals surface area contributed by atoms with Crippen LogP contribution in [0.1, 0.15) is 25.8 Å². The topological polar surface area (TPSA) is 17.0 Å². The van der Waals surface area contributed by atoms with E-state index in [1.807, 2.05) is 6.08 Å². The Morgan fingerprint density at radius 3 is 2.84 bits per heavy atom. The number of hydrogen-bond donors (Lipinski definition) is 1. The van der Waals surface area contributed by atoms with Gasteiger partial charge in [0.1, 0.15) is 0 Å². The minimum Gasteiger partial charge on any atom is -0.347 e. The average Bonchev–Trinajstić information content (AvgIpc) is 2.75. The fraction of sp³-hybridized carbons (Fsp3) is 0.412. The van der Waals surface area contributed by atoms with Crippen LogP contribution in [0.5, 0.6) is 0 Å². The number of para-hydroxylation sites is 1. The smallest absolute Gasteiger partial charge is 0.0483 e. The third-order valence-electron chi connectivity index (χ3n) is 3.39. The zero-order valence-electron chi connectivity index (χ0n) is 12.0. The Balaban J connectivity index is 2.20. The van der Waals surface area contributed by atoms with Crippen molar-refractivity contribution in [2.45, 2.75) is 39.3 Å².